The highest BCUT2D eigenvalue weighted by molar-refractivity contribution is 7.18. The summed E-state index contributed by atoms with van der Waals surface area (Å²) < 4.78 is 0. The summed E-state index contributed by atoms with van der Waals surface area (Å²) in [6, 6.07) is 8.05. The third kappa shape index (κ3) is 3.22. The van der Waals surface area contributed by atoms with E-state index in [9.17, 15) is 4.79 Å². The Balaban J connectivity index is 2.21. The highest BCUT2D eigenvalue weighted by atomic mass is 32.1. The SMILES string of the molecule is Cc1ccccc1-c1nnc(N(C)C(=O)CC(C)C)s1. The first-order valence-electron chi connectivity index (χ1n) is 6.65. The van der Waals surface area contributed by atoms with E-state index in [0.717, 1.165) is 16.1 Å². The lowest BCUT2D eigenvalue weighted by Crippen LogP contribution is -2.27. The van der Waals surface area contributed by atoms with Crippen LogP contribution in [0.5, 0.6) is 0 Å². The molecule has 0 spiro atoms. The number of hydrogen-bond acceptors (Lipinski definition) is 4. The molecule has 0 saturated carbocycles. The molecule has 0 aliphatic rings. The molecule has 20 heavy (non-hydrogen) atoms. The van der Waals surface area contributed by atoms with Crippen molar-refractivity contribution >= 4 is 22.4 Å². The maximum absolute atomic E-state index is 12.0. The smallest absolute Gasteiger partial charge is 0.228 e. The van der Waals surface area contributed by atoms with Crippen molar-refractivity contribution in [3.8, 4) is 10.6 Å². The number of anilines is 1. The maximum Gasteiger partial charge on any atom is 0.228 e. The van der Waals surface area contributed by atoms with E-state index < -0.39 is 0 Å². The second-order valence-corrected chi connectivity index (χ2v) is 6.21. The molecular weight excluding hydrogens is 270 g/mol. The molecule has 0 atom stereocenters. The van der Waals surface area contributed by atoms with Crippen LogP contribution in [-0.4, -0.2) is 23.2 Å². The Hall–Kier alpha value is -1.75. The second-order valence-electron chi connectivity index (χ2n) is 5.26. The highest BCUT2D eigenvalue weighted by Crippen LogP contribution is 2.30. The second kappa shape index (κ2) is 6.13. The van der Waals surface area contributed by atoms with Gasteiger partial charge in [0.25, 0.3) is 0 Å². The van der Waals surface area contributed by atoms with Crippen LogP contribution in [0.1, 0.15) is 25.8 Å². The first-order valence-corrected chi connectivity index (χ1v) is 7.46. The molecule has 1 heterocycles. The van der Waals surface area contributed by atoms with Gasteiger partial charge in [0.1, 0.15) is 5.01 Å². The van der Waals surface area contributed by atoms with Gasteiger partial charge < -0.3 is 0 Å². The number of rotatable bonds is 4. The number of benzene rings is 1. The molecular formula is C15H19N3OS. The van der Waals surface area contributed by atoms with Crippen molar-refractivity contribution in [1.29, 1.82) is 0 Å². The molecule has 0 bridgehead atoms. The molecule has 0 radical (unpaired) electrons. The summed E-state index contributed by atoms with van der Waals surface area (Å²) >= 11 is 1.45. The standard InChI is InChI=1S/C15H19N3OS/c1-10(2)9-13(19)18(4)15-17-16-14(20-15)12-8-6-5-7-11(12)3/h5-8,10H,9H2,1-4H3. The zero-order valence-corrected chi connectivity index (χ0v) is 13.1. The van der Waals surface area contributed by atoms with E-state index in [1.807, 2.05) is 45.0 Å². The van der Waals surface area contributed by atoms with Gasteiger partial charge in [0.2, 0.25) is 11.0 Å². The Labute approximate surface area is 123 Å². The van der Waals surface area contributed by atoms with Crippen LogP contribution in [0.2, 0.25) is 0 Å². The lowest BCUT2D eigenvalue weighted by Gasteiger charge is -2.14. The molecule has 1 amide bonds. The van der Waals surface area contributed by atoms with E-state index in [0.29, 0.717) is 17.5 Å². The Kier molecular flexibility index (Phi) is 4.49. The fourth-order valence-corrected chi connectivity index (χ4v) is 2.78. The minimum absolute atomic E-state index is 0.0764. The van der Waals surface area contributed by atoms with E-state index >= 15 is 0 Å². The zero-order chi connectivity index (χ0) is 14.7. The van der Waals surface area contributed by atoms with E-state index in [1.54, 1.807) is 11.9 Å². The molecule has 0 aliphatic heterocycles. The molecule has 0 fully saturated rings. The summed E-state index contributed by atoms with van der Waals surface area (Å²) in [7, 11) is 1.76. The number of carbonyl (C=O) groups excluding carboxylic acids is 1. The van der Waals surface area contributed by atoms with Gasteiger partial charge in [-0.3, -0.25) is 9.69 Å². The van der Waals surface area contributed by atoms with Gasteiger partial charge in [-0.25, -0.2) is 0 Å². The van der Waals surface area contributed by atoms with Gasteiger partial charge >= 0.3 is 0 Å². The topological polar surface area (TPSA) is 46.1 Å². The van der Waals surface area contributed by atoms with Crippen LogP contribution in [0.25, 0.3) is 10.6 Å². The van der Waals surface area contributed by atoms with Crippen LogP contribution in [0.15, 0.2) is 24.3 Å². The van der Waals surface area contributed by atoms with Crippen molar-refractivity contribution in [1.82, 2.24) is 10.2 Å². The van der Waals surface area contributed by atoms with Crippen LogP contribution < -0.4 is 4.90 Å². The van der Waals surface area contributed by atoms with E-state index in [1.165, 1.54) is 11.3 Å². The quantitative estimate of drug-likeness (QED) is 0.865. The summed E-state index contributed by atoms with van der Waals surface area (Å²) in [6.07, 6.45) is 0.524. The molecule has 0 N–H and O–H groups in total. The number of aromatic nitrogens is 2. The Bertz CT molecular complexity index is 607. The number of hydrogen-bond donors (Lipinski definition) is 0. The molecule has 106 valence electrons. The van der Waals surface area contributed by atoms with Crippen molar-refractivity contribution in [3.63, 3.8) is 0 Å². The zero-order valence-electron chi connectivity index (χ0n) is 12.3. The average molecular weight is 289 g/mol. The Morgan fingerprint density at radius 3 is 2.65 bits per heavy atom. The van der Waals surface area contributed by atoms with Crippen molar-refractivity contribution < 1.29 is 4.79 Å². The van der Waals surface area contributed by atoms with Gasteiger partial charge in [0.15, 0.2) is 0 Å². The largest absolute Gasteiger partial charge is 0.290 e. The van der Waals surface area contributed by atoms with Gasteiger partial charge in [-0.2, -0.15) is 0 Å². The monoisotopic (exact) mass is 289 g/mol. The van der Waals surface area contributed by atoms with Crippen molar-refractivity contribution in [2.75, 3.05) is 11.9 Å². The average Bonchev–Trinajstić information content (AvgIpc) is 2.87. The van der Waals surface area contributed by atoms with Crippen molar-refractivity contribution in [3.05, 3.63) is 29.8 Å². The molecule has 4 nitrogen and oxygen atoms in total. The van der Waals surface area contributed by atoms with Crippen LogP contribution in [-0.2, 0) is 4.79 Å². The maximum atomic E-state index is 12.0. The number of amides is 1. The predicted molar refractivity (Wildman–Crippen MR) is 82.9 cm³/mol. The third-order valence-electron chi connectivity index (χ3n) is 3.03. The molecule has 5 heteroatoms. The summed E-state index contributed by atoms with van der Waals surface area (Å²) in [5.74, 6) is 0.418. The van der Waals surface area contributed by atoms with Crippen LogP contribution >= 0.6 is 11.3 Å². The first kappa shape index (κ1) is 14.7. The molecule has 0 unspecified atom stereocenters. The van der Waals surface area contributed by atoms with Crippen molar-refractivity contribution in [2.45, 2.75) is 27.2 Å². The van der Waals surface area contributed by atoms with Gasteiger partial charge in [0, 0.05) is 19.0 Å². The van der Waals surface area contributed by atoms with E-state index in [4.69, 9.17) is 0 Å². The summed E-state index contributed by atoms with van der Waals surface area (Å²) in [6.45, 7) is 6.11. The third-order valence-corrected chi connectivity index (χ3v) is 4.07. The number of aryl methyl sites for hydroxylation is 1. The van der Waals surface area contributed by atoms with Gasteiger partial charge in [0.05, 0.1) is 0 Å². The summed E-state index contributed by atoms with van der Waals surface area (Å²) in [5.41, 5.74) is 2.23. The molecule has 1 aromatic heterocycles. The number of carbonyl (C=O) groups is 1. The predicted octanol–water partition coefficient (Wildman–Crippen LogP) is 3.52. The Morgan fingerprint density at radius 2 is 2.00 bits per heavy atom. The molecule has 2 aromatic rings. The molecule has 0 aliphatic carbocycles. The van der Waals surface area contributed by atoms with Crippen LogP contribution in [0.4, 0.5) is 5.13 Å². The lowest BCUT2D eigenvalue weighted by atomic mass is 10.1. The fraction of sp³-hybridized carbons (Fsp3) is 0.400. The molecule has 2 rings (SSSR count). The van der Waals surface area contributed by atoms with Crippen LogP contribution in [0.3, 0.4) is 0 Å². The molecule has 1 aromatic carbocycles. The molecule has 0 saturated heterocycles. The number of nitrogens with zero attached hydrogens (tertiary/aromatic N) is 3. The Morgan fingerprint density at radius 1 is 1.30 bits per heavy atom. The minimum Gasteiger partial charge on any atom is -0.290 e. The van der Waals surface area contributed by atoms with Gasteiger partial charge in [-0.15, -0.1) is 10.2 Å². The van der Waals surface area contributed by atoms with Gasteiger partial charge in [-0.1, -0.05) is 49.4 Å². The van der Waals surface area contributed by atoms with Crippen LogP contribution in [0, 0.1) is 12.8 Å². The summed E-state index contributed by atoms with van der Waals surface area (Å²) in [4.78, 5) is 13.6. The van der Waals surface area contributed by atoms with Gasteiger partial charge in [-0.05, 0) is 18.4 Å². The minimum atomic E-state index is 0.0764. The van der Waals surface area contributed by atoms with E-state index in [2.05, 4.69) is 10.2 Å². The van der Waals surface area contributed by atoms with E-state index in [-0.39, 0.29) is 5.91 Å². The first-order chi connectivity index (χ1) is 9.49. The normalized spacial score (nSPS) is 10.8. The van der Waals surface area contributed by atoms with Crippen molar-refractivity contribution in [2.24, 2.45) is 5.92 Å². The summed E-state index contributed by atoms with van der Waals surface area (Å²) in [5, 5.41) is 9.84. The fourth-order valence-electron chi connectivity index (χ4n) is 1.87. The lowest BCUT2D eigenvalue weighted by molar-refractivity contribution is -0.119. The highest BCUT2D eigenvalue weighted by Gasteiger charge is 2.17.